The molecule has 0 saturated carbocycles. The van der Waals surface area contributed by atoms with Gasteiger partial charge in [0.25, 0.3) is 0 Å². The minimum atomic E-state index is -0.332. The maximum Gasteiger partial charge on any atom is 0.410 e. The summed E-state index contributed by atoms with van der Waals surface area (Å²) in [7, 11) is 0. The molecule has 3 heterocycles. The van der Waals surface area contributed by atoms with Gasteiger partial charge in [0.05, 0.1) is 24.4 Å². The number of nitrogens with one attached hydrogen (secondary N) is 1. The van der Waals surface area contributed by atoms with Crippen LogP contribution in [-0.4, -0.2) is 44.5 Å². The van der Waals surface area contributed by atoms with Crippen molar-refractivity contribution < 1.29 is 14.3 Å². The monoisotopic (exact) mass is 465 g/mol. The number of hydrogen-bond donors (Lipinski definition) is 2. The number of nitrogens with zero attached hydrogens (tertiary/aromatic N) is 3. The molecule has 0 bridgehead atoms. The normalized spacial score (nSPS) is 19.0. The van der Waals surface area contributed by atoms with Crippen LogP contribution < -0.4 is 21.0 Å². The van der Waals surface area contributed by atoms with Crippen molar-refractivity contribution >= 4 is 35.7 Å². The summed E-state index contributed by atoms with van der Waals surface area (Å²) in [6.07, 6.45) is 8.33. The minimum absolute atomic E-state index is 0.0215. The molecule has 5 rings (SSSR count). The molecule has 9 heteroatoms. The second kappa shape index (κ2) is 8.78. The third-order valence-corrected chi connectivity index (χ3v) is 6.17. The molecule has 0 spiro atoms. The van der Waals surface area contributed by atoms with E-state index >= 15 is 0 Å². The molecular weight excluding hydrogens is 442 g/mol. The van der Waals surface area contributed by atoms with Gasteiger partial charge in [-0.25, -0.2) is 14.8 Å². The van der Waals surface area contributed by atoms with Crippen LogP contribution in [0.15, 0.2) is 36.7 Å². The number of alkyl halides is 1. The number of H-pyrrole nitrogens is 1. The van der Waals surface area contributed by atoms with E-state index in [1.807, 2.05) is 31.2 Å². The largest absolute Gasteiger partial charge is 0.450 e. The van der Waals surface area contributed by atoms with Crippen molar-refractivity contribution in [2.45, 2.75) is 31.2 Å². The van der Waals surface area contributed by atoms with Crippen LogP contribution in [0.5, 0.6) is 11.6 Å². The van der Waals surface area contributed by atoms with Crippen molar-refractivity contribution in [3.63, 3.8) is 0 Å². The average Bonchev–Trinajstić information content (AvgIpc) is 3.18. The lowest BCUT2D eigenvalue weighted by atomic mass is 9.92. The quantitative estimate of drug-likeness (QED) is 0.574. The lowest BCUT2D eigenvalue weighted by Gasteiger charge is -2.35. The van der Waals surface area contributed by atoms with Crippen molar-refractivity contribution in [3.8, 4) is 11.6 Å². The maximum absolute atomic E-state index is 12.8. The van der Waals surface area contributed by atoms with E-state index in [2.05, 4.69) is 27.1 Å². The number of aromatic nitrogens is 3. The highest BCUT2D eigenvalue weighted by Crippen LogP contribution is 2.34. The molecule has 1 aromatic carbocycles. The van der Waals surface area contributed by atoms with Crippen molar-refractivity contribution in [2.75, 3.05) is 18.9 Å². The summed E-state index contributed by atoms with van der Waals surface area (Å²) in [5.41, 5.74) is 8.72. The van der Waals surface area contributed by atoms with E-state index in [1.165, 1.54) is 18.0 Å². The number of hydrogen-bond acceptors (Lipinski definition) is 6. The summed E-state index contributed by atoms with van der Waals surface area (Å²) in [6.45, 7) is 2.69. The molecule has 2 atom stereocenters. The van der Waals surface area contributed by atoms with E-state index in [-0.39, 0.29) is 17.5 Å². The van der Waals surface area contributed by atoms with Gasteiger partial charge in [-0.05, 0) is 43.0 Å². The first-order valence-corrected chi connectivity index (χ1v) is 11.3. The molecule has 1 amide bonds. The SMILES string of the molecule is CCOC(=O)N1CCc2c([nH]c3c2=CC(Cl)CC=3)[C@@H]1c1ccc(Oc2cnc(N)cn2)cc1. The van der Waals surface area contributed by atoms with E-state index in [9.17, 15) is 4.79 Å². The van der Waals surface area contributed by atoms with E-state index in [0.29, 0.717) is 30.6 Å². The molecule has 0 saturated heterocycles. The van der Waals surface area contributed by atoms with E-state index in [1.54, 1.807) is 4.90 Å². The molecule has 2 aliphatic rings. The molecule has 0 fully saturated rings. The van der Waals surface area contributed by atoms with Crippen LogP contribution in [0.2, 0.25) is 0 Å². The predicted molar refractivity (Wildman–Crippen MR) is 125 cm³/mol. The highest BCUT2D eigenvalue weighted by molar-refractivity contribution is 6.24. The number of carbonyl (C=O) groups excluding carboxylic acids is 1. The Morgan fingerprint density at radius 2 is 2.09 bits per heavy atom. The molecule has 3 N–H and O–H groups in total. The van der Waals surface area contributed by atoms with Gasteiger partial charge in [0.1, 0.15) is 17.6 Å². The van der Waals surface area contributed by atoms with Crippen LogP contribution in [0.3, 0.4) is 0 Å². The number of benzene rings is 1. The van der Waals surface area contributed by atoms with Crippen LogP contribution in [0.4, 0.5) is 10.6 Å². The van der Waals surface area contributed by atoms with Crippen LogP contribution >= 0.6 is 11.6 Å². The molecule has 2 aromatic heterocycles. The lowest BCUT2D eigenvalue weighted by Crippen LogP contribution is -2.42. The fourth-order valence-electron chi connectivity index (χ4n) is 4.41. The number of nitrogens with two attached hydrogens (primary N) is 1. The fraction of sp³-hybridized carbons (Fsp3) is 0.292. The van der Waals surface area contributed by atoms with Crippen molar-refractivity contribution in [3.05, 3.63) is 64.0 Å². The molecule has 0 radical (unpaired) electrons. The Hall–Kier alpha value is -3.52. The highest BCUT2D eigenvalue weighted by Gasteiger charge is 2.35. The average molecular weight is 466 g/mol. The predicted octanol–water partition coefficient (Wildman–Crippen LogP) is 2.86. The van der Waals surface area contributed by atoms with Gasteiger partial charge in [-0.15, -0.1) is 11.6 Å². The topological polar surface area (TPSA) is 106 Å². The van der Waals surface area contributed by atoms with Crippen LogP contribution in [0.25, 0.3) is 12.2 Å². The summed E-state index contributed by atoms with van der Waals surface area (Å²) in [5.74, 6) is 1.28. The summed E-state index contributed by atoms with van der Waals surface area (Å²) in [6, 6.07) is 7.29. The van der Waals surface area contributed by atoms with Gasteiger partial charge in [-0.1, -0.05) is 24.3 Å². The molecule has 8 nitrogen and oxygen atoms in total. The number of halogens is 1. The molecule has 1 aliphatic carbocycles. The van der Waals surface area contributed by atoms with Gasteiger partial charge in [0.2, 0.25) is 5.88 Å². The summed E-state index contributed by atoms with van der Waals surface area (Å²) in [4.78, 5) is 26.3. The third kappa shape index (κ3) is 4.14. The second-order valence-electron chi connectivity index (χ2n) is 7.96. The Labute approximate surface area is 195 Å². The Morgan fingerprint density at radius 3 is 2.82 bits per heavy atom. The molecule has 1 aliphatic heterocycles. The van der Waals surface area contributed by atoms with Gasteiger partial charge in [-0.3, -0.25) is 4.90 Å². The first-order chi connectivity index (χ1) is 16.0. The Morgan fingerprint density at radius 1 is 1.27 bits per heavy atom. The lowest BCUT2D eigenvalue weighted by molar-refractivity contribution is 0.0930. The fourth-order valence-corrected chi connectivity index (χ4v) is 4.63. The summed E-state index contributed by atoms with van der Waals surface area (Å²) < 4.78 is 11.1. The summed E-state index contributed by atoms with van der Waals surface area (Å²) in [5, 5.41) is 2.19. The maximum atomic E-state index is 12.8. The first-order valence-electron chi connectivity index (χ1n) is 10.9. The number of ether oxygens (including phenoxy) is 2. The van der Waals surface area contributed by atoms with Crippen molar-refractivity contribution in [1.82, 2.24) is 19.9 Å². The van der Waals surface area contributed by atoms with Crippen LogP contribution in [0, 0.1) is 0 Å². The van der Waals surface area contributed by atoms with Crippen molar-refractivity contribution in [1.29, 1.82) is 0 Å². The first kappa shape index (κ1) is 21.3. The zero-order valence-electron chi connectivity index (χ0n) is 18.1. The van der Waals surface area contributed by atoms with Gasteiger partial charge in [-0.2, -0.15) is 0 Å². The zero-order valence-corrected chi connectivity index (χ0v) is 18.9. The van der Waals surface area contributed by atoms with Gasteiger partial charge >= 0.3 is 6.09 Å². The number of amides is 1. The molecular formula is C24H24ClN5O3. The summed E-state index contributed by atoms with van der Waals surface area (Å²) >= 11 is 6.39. The van der Waals surface area contributed by atoms with Gasteiger partial charge in [0.15, 0.2) is 0 Å². The van der Waals surface area contributed by atoms with E-state index < -0.39 is 0 Å². The number of carbonyl (C=O) groups is 1. The zero-order chi connectivity index (χ0) is 22.9. The van der Waals surface area contributed by atoms with Gasteiger partial charge < -0.3 is 20.2 Å². The Bertz CT molecular complexity index is 1290. The number of anilines is 1. The highest BCUT2D eigenvalue weighted by atomic mass is 35.5. The smallest absolute Gasteiger partial charge is 0.410 e. The molecule has 170 valence electrons. The number of fused-ring (bicyclic) bond motifs is 3. The van der Waals surface area contributed by atoms with Gasteiger partial charge in [0, 0.05) is 22.8 Å². The second-order valence-corrected chi connectivity index (χ2v) is 8.52. The molecule has 1 unspecified atom stereocenters. The third-order valence-electron chi connectivity index (χ3n) is 5.86. The Balaban J connectivity index is 1.52. The van der Waals surface area contributed by atoms with Crippen LogP contribution in [-0.2, 0) is 11.2 Å². The standard InChI is InChI=1S/C24H24ClN5O3/c1-2-32-24(31)30-10-9-17-18-11-15(25)5-8-19(18)29-22(17)23(30)14-3-6-16(7-4-14)33-21-13-27-20(26)12-28-21/h3-4,6-8,11-13,15,23,29H,2,5,9-10H2,1H3,(H2,26,27)/t15?,23-/m0/s1. The number of aromatic amines is 1. The Kier molecular flexibility index (Phi) is 5.68. The minimum Gasteiger partial charge on any atom is -0.450 e. The molecule has 3 aromatic rings. The van der Waals surface area contributed by atoms with Crippen molar-refractivity contribution in [2.24, 2.45) is 0 Å². The van der Waals surface area contributed by atoms with Crippen LogP contribution in [0.1, 0.15) is 36.2 Å². The number of nitrogen functional groups attached to an aromatic ring is 1. The van der Waals surface area contributed by atoms with E-state index in [4.69, 9.17) is 26.8 Å². The number of rotatable bonds is 4. The van der Waals surface area contributed by atoms with E-state index in [0.717, 1.165) is 34.7 Å². The molecule has 33 heavy (non-hydrogen) atoms.